The zero-order chi connectivity index (χ0) is 13.0. The fourth-order valence-corrected chi connectivity index (χ4v) is 2.77. The van der Waals surface area contributed by atoms with Gasteiger partial charge in [0.05, 0.1) is 0 Å². The Balaban J connectivity index is 1.86. The van der Waals surface area contributed by atoms with Crippen molar-refractivity contribution in [2.75, 3.05) is 6.54 Å². The van der Waals surface area contributed by atoms with Crippen LogP contribution in [0, 0.1) is 5.92 Å². The number of nitrogens with two attached hydrogens (primary N) is 1. The number of hydrogen-bond acceptors (Lipinski definition) is 2. The molecule has 1 aliphatic carbocycles. The normalized spacial score (nSPS) is 21.1. The molecular formula is C16H26N2. The highest BCUT2D eigenvalue weighted by molar-refractivity contribution is 5.19. The predicted octanol–water partition coefficient (Wildman–Crippen LogP) is 3.24. The quantitative estimate of drug-likeness (QED) is 0.808. The second kappa shape index (κ2) is 5.85. The van der Waals surface area contributed by atoms with Crippen LogP contribution >= 0.6 is 0 Å². The Kier molecular flexibility index (Phi) is 4.41. The van der Waals surface area contributed by atoms with Crippen LogP contribution in [-0.2, 0) is 0 Å². The zero-order valence-corrected chi connectivity index (χ0v) is 11.7. The molecule has 2 rings (SSSR count). The van der Waals surface area contributed by atoms with Gasteiger partial charge in [-0.3, -0.25) is 0 Å². The summed E-state index contributed by atoms with van der Waals surface area (Å²) in [5.74, 6) is 0.469. The van der Waals surface area contributed by atoms with Crippen LogP contribution in [0.2, 0.25) is 0 Å². The zero-order valence-electron chi connectivity index (χ0n) is 11.7. The van der Waals surface area contributed by atoms with Gasteiger partial charge in [-0.05, 0) is 37.2 Å². The van der Waals surface area contributed by atoms with Gasteiger partial charge in [-0.1, -0.05) is 44.2 Å². The number of rotatable bonds is 6. The second-order valence-electron chi connectivity index (χ2n) is 5.78. The fourth-order valence-electron chi connectivity index (χ4n) is 2.77. The molecule has 18 heavy (non-hydrogen) atoms. The number of hydrogen-bond donors (Lipinski definition) is 2. The third-order valence-electron chi connectivity index (χ3n) is 4.58. The van der Waals surface area contributed by atoms with Gasteiger partial charge in [0.1, 0.15) is 0 Å². The van der Waals surface area contributed by atoms with E-state index in [4.69, 9.17) is 5.73 Å². The average molecular weight is 246 g/mol. The van der Waals surface area contributed by atoms with Crippen LogP contribution in [0.25, 0.3) is 0 Å². The minimum atomic E-state index is 0.132. The molecule has 1 aliphatic rings. The van der Waals surface area contributed by atoms with E-state index >= 15 is 0 Å². The van der Waals surface area contributed by atoms with Gasteiger partial charge in [-0.25, -0.2) is 0 Å². The van der Waals surface area contributed by atoms with Gasteiger partial charge in [0, 0.05) is 18.1 Å². The van der Waals surface area contributed by atoms with Gasteiger partial charge < -0.3 is 11.1 Å². The van der Waals surface area contributed by atoms with E-state index in [0.717, 1.165) is 6.54 Å². The third kappa shape index (κ3) is 2.93. The first-order chi connectivity index (χ1) is 8.67. The third-order valence-corrected chi connectivity index (χ3v) is 4.58. The molecule has 2 unspecified atom stereocenters. The Morgan fingerprint density at radius 1 is 1.28 bits per heavy atom. The molecule has 2 heteroatoms. The van der Waals surface area contributed by atoms with Crippen molar-refractivity contribution in [3.63, 3.8) is 0 Å². The highest BCUT2D eigenvalue weighted by Gasteiger charge is 2.34. The van der Waals surface area contributed by atoms with Gasteiger partial charge in [0.25, 0.3) is 0 Å². The van der Waals surface area contributed by atoms with Crippen molar-refractivity contribution in [2.24, 2.45) is 11.7 Å². The lowest BCUT2D eigenvalue weighted by Gasteiger charge is -2.43. The van der Waals surface area contributed by atoms with E-state index in [9.17, 15) is 0 Å². The van der Waals surface area contributed by atoms with E-state index in [0.29, 0.717) is 11.5 Å². The molecule has 0 saturated heterocycles. The van der Waals surface area contributed by atoms with Gasteiger partial charge in [0.15, 0.2) is 0 Å². The summed E-state index contributed by atoms with van der Waals surface area (Å²) in [6, 6.07) is 10.6. The summed E-state index contributed by atoms with van der Waals surface area (Å²) in [7, 11) is 0. The largest absolute Gasteiger partial charge is 0.324 e. The summed E-state index contributed by atoms with van der Waals surface area (Å²) in [5, 5.41) is 3.75. The van der Waals surface area contributed by atoms with Crippen molar-refractivity contribution in [1.29, 1.82) is 0 Å². The lowest BCUT2D eigenvalue weighted by molar-refractivity contribution is 0.166. The van der Waals surface area contributed by atoms with E-state index in [-0.39, 0.29) is 6.04 Å². The lowest BCUT2D eigenvalue weighted by Crippen LogP contribution is -2.52. The summed E-state index contributed by atoms with van der Waals surface area (Å²) in [6.45, 7) is 5.55. The summed E-state index contributed by atoms with van der Waals surface area (Å²) in [6.07, 6.45) is 5.27. The predicted molar refractivity (Wildman–Crippen MR) is 77.4 cm³/mol. The highest BCUT2D eigenvalue weighted by atomic mass is 15.0. The van der Waals surface area contributed by atoms with Gasteiger partial charge in [-0.2, -0.15) is 0 Å². The summed E-state index contributed by atoms with van der Waals surface area (Å²) in [4.78, 5) is 0. The maximum absolute atomic E-state index is 6.33. The topological polar surface area (TPSA) is 38.0 Å². The van der Waals surface area contributed by atoms with E-state index in [2.05, 4.69) is 43.4 Å². The second-order valence-corrected chi connectivity index (χ2v) is 5.78. The molecule has 0 amide bonds. The Bertz CT molecular complexity index is 351. The lowest BCUT2D eigenvalue weighted by atomic mass is 9.74. The van der Waals surface area contributed by atoms with Crippen LogP contribution in [0.5, 0.6) is 0 Å². The molecule has 0 radical (unpaired) electrons. The Hall–Kier alpha value is -0.860. The van der Waals surface area contributed by atoms with Gasteiger partial charge in [0.2, 0.25) is 0 Å². The monoisotopic (exact) mass is 246 g/mol. The Morgan fingerprint density at radius 2 is 1.94 bits per heavy atom. The van der Waals surface area contributed by atoms with Gasteiger partial charge >= 0.3 is 0 Å². The van der Waals surface area contributed by atoms with Crippen LogP contribution in [0.15, 0.2) is 30.3 Å². The van der Waals surface area contributed by atoms with E-state index in [1.165, 1.54) is 31.2 Å². The molecule has 3 N–H and O–H groups in total. The fraction of sp³-hybridized carbons (Fsp3) is 0.625. The minimum absolute atomic E-state index is 0.132. The molecule has 0 bridgehead atoms. The summed E-state index contributed by atoms with van der Waals surface area (Å²) >= 11 is 0. The van der Waals surface area contributed by atoms with Crippen molar-refractivity contribution < 1.29 is 0 Å². The molecule has 0 aliphatic heterocycles. The molecule has 1 saturated carbocycles. The summed E-state index contributed by atoms with van der Waals surface area (Å²) < 4.78 is 0. The molecule has 0 heterocycles. The van der Waals surface area contributed by atoms with Crippen LogP contribution < -0.4 is 11.1 Å². The molecule has 100 valence electrons. The molecule has 0 aromatic heterocycles. The standard InChI is InChI=1S/C16H26N2/c1-3-16(10-7-11-16)18-12-13(2)15(17)14-8-5-4-6-9-14/h4-6,8-9,13,15,18H,3,7,10-12,17H2,1-2H3. The Morgan fingerprint density at radius 3 is 2.44 bits per heavy atom. The van der Waals surface area contributed by atoms with Crippen LogP contribution in [0.4, 0.5) is 0 Å². The van der Waals surface area contributed by atoms with Crippen molar-refractivity contribution in [2.45, 2.75) is 51.1 Å². The molecule has 1 fully saturated rings. The van der Waals surface area contributed by atoms with Gasteiger partial charge in [-0.15, -0.1) is 0 Å². The first-order valence-corrected chi connectivity index (χ1v) is 7.22. The molecular weight excluding hydrogens is 220 g/mol. The van der Waals surface area contributed by atoms with Crippen molar-refractivity contribution in [3.8, 4) is 0 Å². The smallest absolute Gasteiger partial charge is 0.0333 e. The Labute approximate surface area is 111 Å². The van der Waals surface area contributed by atoms with E-state index in [1.54, 1.807) is 0 Å². The summed E-state index contributed by atoms with van der Waals surface area (Å²) in [5.41, 5.74) is 7.99. The molecule has 2 atom stereocenters. The van der Waals surface area contributed by atoms with E-state index in [1.807, 2.05) is 6.07 Å². The molecule has 1 aromatic carbocycles. The van der Waals surface area contributed by atoms with Crippen LogP contribution in [0.3, 0.4) is 0 Å². The van der Waals surface area contributed by atoms with E-state index < -0.39 is 0 Å². The molecule has 1 aromatic rings. The molecule has 0 spiro atoms. The SMILES string of the molecule is CCC1(NCC(C)C(N)c2ccccc2)CCC1. The average Bonchev–Trinajstić information content (AvgIpc) is 2.38. The van der Waals surface area contributed by atoms with Crippen molar-refractivity contribution in [3.05, 3.63) is 35.9 Å². The first kappa shape index (κ1) is 13.6. The minimum Gasteiger partial charge on any atom is -0.324 e. The van der Waals surface area contributed by atoms with Crippen molar-refractivity contribution in [1.82, 2.24) is 5.32 Å². The maximum atomic E-state index is 6.33. The van der Waals surface area contributed by atoms with Crippen LogP contribution in [0.1, 0.15) is 51.1 Å². The number of nitrogens with one attached hydrogen (secondary N) is 1. The first-order valence-electron chi connectivity index (χ1n) is 7.22. The highest BCUT2D eigenvalue weighted by Crippen LogP contribution is 2.35. The van der Waals surface area contributed by atoms with Crippen LogP contribution in [-0.4, -0.2) is 12.1 Å². The number of benzene rings is 1. The van der Waals surface area contributed by atoms with Crippen molar-refractivity contribution >= 4 is 0 Å². The maximum Gasteiger partial charge on any atom is 0.0333 e. The molecule has 2 nitrogen and oxygen atoms in total.